The third kappa shape index (κ3) is 4.82. The lowest BCUT2D eigenvalue weighted by molar-refractivity contribution is -0.121. The highest BCUT2D eigenvalue weighted by molar-refractivity contribution is 7.07. The van der Waals surface area contributed by atoms with E-state index >= 15 is 0 Å². The zero-order chi connectivity index (χ0) is 18.5. The number of carbonyl (C=O) groups is 1. The van der Waals surface area contributed by atoms with E-state index in [1.165, 1.54) is 5.56 Å². The predicted molar refractivity (Wildman–Crippen MR) is 103 cm³/mol. The van der Waals surface area contributed by atoms with Crippen molar-refractivity contribution in [3.63, 3.8) is 0 Å². The molecule has 0 spiro atoms. The SMILES string of the molecule is CN(C)CCn1nc2n(c1=O)CCC(NC(=O)CCc1ccsc1)CC2. The maximum absolute atomic E-state index is 12.5. The monoisotopic (exact) mass is 377 g/mol. The Hall–Kier alpha value is -1.93. The van der Waals surface area contributed by atoms with Gasteiger partial charge in [0.1, 0.15) is 5.82 Å². The van der Waals surface area contributed by atoms with Gasteiger partial charge in [-0.25, -0.2) is 9.48 Å². The van der Waals surface area contributed by atoms with Crippen LogP contribution in [0.25, 0.3) is 0 Å². The van der Waals surface area contributed by atoms with Crippen LogP contribution in [-0.2, 0) is 30.7 Å². The van der Waals surface area contributed by atoms with Crippen molar-refractivity contribution in [2.75, 3.05) is 20.6 Å². The summed E-state index contributed by atoms with van der Waals surface area (Å²) >= 11 is 1.66. The average Bonchev–Trinajstić information content (AvgIpc) is 3.17. The second kappa shape index (κ2) is 8.64. The lowest BCUT2D eigenvalue weighted by Crippen LogP contribution is -2.36. The van der Waals surface area contributed by atoms with E-state index in [9.17, 15) is 9.59 Å². The summed E-state index contributed by atoms with van der Waals surface area (Å²) in [6.45, 7) is 2.01. The molecule has 1 aliphatic rings. The molecule has 2 aromatic heterocycles. The number of carbonyl (C=O) groups excluding carboxylic acids is 1. The second-order valence-corrected chi connectivity index (χ2v) is 7.88. The van der Waals surface area contributed by atoms with E-state index in [1.54, 1.807) is 20.6 Å². The van der Waals surface area contributed by atoms with Crippen LogP contribution in [0, 0.1) is 0 Å². The van der Waals surface area contributed by atoms with Gasteiger partial charge in [0.25, 0.3) is 0 Å². The molecule has 0 saturated heterocycles. The summed E-state index contributed by atoms with van der Waals surface area (Å²) in [7, 11) is 3.97. The van der Waals surface area contributed by atoms with E-state index in [1.807, 2.05) is 24.4 Å². The van der Waals surface area contributed by atoms with Gasteiger partial charge in [0, 0.05) is 32.0 Å². The molecule has 2 aromatic rings. The van der Waals surface area contributed by atoms with Crippen LogP contribution in [0.2, 0.25) is 0 Å². The van der Waals surface area contributed by atoms with E-state index in [0.717, 1.165) is 38.1 Å². The van der Waals surface area contributed by atoms with Gasteiger partial charge in [-0.3, -0.25) is 9.36 Å². The minimum absolute atomic E-state index is 0.0358. The van der Waals surface area contributed by atoms with Crippen LogP contribution in [0.5, 0.6) is 0 Å². The smallest absolute Gasteiger partial charge is 0.345 e. The van der Waals surface area contributed by atoms with Crippen LogP contribution < -0.4 is 11.0 Å². The van der Waals surface area contributed by atoms with Crippen molar-refractivity contribution in [3.05, 3.63) is 38.7 Å². The Morgan fingerprint density at radius 1 is 1.42 bits per heavy atom. The maximum atomic E-state index is 12.5. The van der Waals surface area contributed by atoms with Crippen molar-refractivity contribution in [3.8, 4) is 0 Å². The molecule has 3 heterocycles. The molecule has 0 aromatic carbocycles. The highest BCUT2D eigenvalue weighted by atomic mass is 32.1. The molecule has 0 bridgehead atoms. The number of amides is 1. The van der Waals surface area contributed by atoms with Gasteiger partial charge in [0.15, 0.2) is 0 Å². The summed E-state index contributed by atoms with van der Waals surface area (Å²) in [5, 5.41) is 11.7. The van der Waals surface area contributed by atoms with Crippen molar-refractivity contribution in [2.45, 2.75) is 51.2 Å². The molecule has 7 nitrogen and oxygen atoms in total. The van der Waals surface area contributed by atoms with Crippen LogP contribution >= 0.6 is 11.3 Å². The Morgan fingerprint density at radius 2 is 2.27 bits per heavy atom. The van der Waals surface area contributed by atoms with Gasteiger partial charge in [-0.1, -0.05) is 0 Å². The van der Waals surface area contributed by atoms with Gasteiger partial charge < -0.3 is 10.2 Å². The lowest BCUT2D eigenvalue weighted by Gasteiger charge is -2.16. The normalized spacial score (nSPS) is 17.1. The lowest BCUT2D eigenvalue weighted by atomic mass is 10.1. The molecule has 142 valence electrons. The topological polar surface area (TPSA) is 72.2 Å². The maximum Gasteiger partial charge on any atom is 0.345 e. The first kappa shape index (κ1) is 18.8. The van der Waals surface area contributed by atoms with E-state index in [2.05, 4.69) is 21.9 Å². The first-order valence-corrected chi connectivity index (χ1v) is 10.1. The minimum Gasteiger partial charge on any atom is -0.353 e. The molecule has 8 heteroatoms. The Kier molecular flexibility index (Phi) is 6.26. The molecule has 1 N–H and O–H groups in total. The van der Waals surface area contributed by atoms with Crippen LogP contribution in [0.1, 0.15) is 30.7 Å². The Bertz CT molecular complexity index is 778. The molecular formula is C18H27N5O2S. The van der Waals surface area contributed by atoms with Gasteiger partial charge in [-0.15, -0.1) is 0 Å². The molecule has 0 fully saturated rings. The van der Waals surface area contributed by atoms with Gasteiger partial charge in [-0.05, 0) is 55.7 Å². The first-order chi connectivity index (χ1) is 12.5. The quantitative estimate of drug-likeness (QED) is 0.785. The summed E-state index contributed by atoms with van der Waals surface area (Å²) in [4.78, 5) is 26.7. The van der Waals surface area contributed by atoms with Gasteiger partial charge in [0.2, 0.25) is 5.91 Å². The summed E-state index contributed by atoms with van der Waals surface area (Å²) in [6, 6.07) is 2.17. The number of aryl methyl sites for hydroxylation is 2. The number of thiophene rings is 1. The van der Waals surface area contributed by atoms with Crippen LogP contribution in [-0.4, -0.2) is 51.8 Å². The number of fused-ring (bicyclic) bond motifs is 1. The molecule has 0 saturated carbocycles. The minimum atomic E-state index is -0.0358. The molecule has 26 heavy (non-hydrogen) atoms. The molecule has 0 aliphatic carbocycles. The summed E-state index contributed by atoms with van der Waals surface area (Å²) in [5.41, 5.74) is 1.18. The van der Waals surface area contributed by atoms with Gasteiger partial charge >= 0.3 is 5.69 Å². The summed E-state index contributed by atoms with van der Waals surface area (Å²) in [6.07, 6.45) is 3.61. The first-order valence-electron chi connectivity index (χ1n) is 9.14. The number of hydrogen-bond donors (Lipinski definition) is 1. The van der Waals surface area contributed by atoms with Crippen molar-refractivity contribution in [1.82, 2.24) is 24.6 Å². The largest absolute Gasteiger partial charge is 0.353 e. The van der Waals surface area contributed by atoms with Crippen LogP contribution in [0.15, 0.2) is 21.6 Å². The fourth-order valence-corrected chi connectivity index (χ4v) is 3.91. The number of hydrogen-bond acceptors (Lipinski definition) is 5. The van der Waals surface area contributed by atoms with E-state index in [4.69, 9.17) is 0 Å². The zero-order valence-corrected chi connectivity index (χ0v) is 16.3. The molecule has 0 radical (unpaired) electrons. The van der Waals surface area contributed by atoms with Gasteiger partial charge in [-0.2, -0.15) is 16.4 Å². The molecular weight excluding hydrogens is 350 g/mol. The second-order valence-electron chi connectivity index (χ2n) is 7.10. The third-order valence-corrected chi connectivity index (χ3v) is 5.49. The number of aromatic nitrogens is 3. The number of nitrogens with zero attached hydrogens (tertiary/aromatic N) is 4. The molecule has 1 aliphatic heterocycles. The molecule has 3 rings (SSSR count). The van der Waals surface area contributed by atoms with Crippen LogP contribution in [0.3, 0.4) is 0 Å². The van der Waals surface area contributed by atoms with Crippen molar-refractivity contribution >= 4 is 17.2 Å². The zero-order valence-electron chi connectivity index (χ0n) is 15.5. The van der Waals surface area contributed by atoms with E-state index in [-0.39, 0.29) is 17.6 Å². The number of likely N-dealkylation sites (N-methyl/N-ethyl adjacent to an activating group) is 1. The number of rotatable bonds is 7. The Balaban J connectivity index is 1.52. The standard InChI is InChI=1S/C18H27N5O2S/c1-21(2)10-11-23-18(25)22-9-7-15(4-5-16(22)20-23)19-17(24)6-3-14-8-12-26-13-14/h8,12-13,15H,3-7,9-11H2,1-2H3,(H,19,24). The molecule has 1 amide bonds. The fourth-order valence-electron chi connectivity index (χ4n) is 3.21. The Morgan fingerprint density at radius 3 is 3.00 bits per heavy atom. The summed E-state index contributed by atoms with van der Waals surface area (Å²) in [5.74, 6) is 0.924. The van der Waals surface area contributed by atoms with E-state index < -0.39 is 0 Å². The number of nitrogens with one attached hydrogen (secondary N) is 1. The predicted octanol–water partition coefficient (Wildman–Crippen LogP) is 1.12. The highest BCUT2D eigenvalue weighted by Gasteiger charge is 2.22. The fraction of sp³-hybridized carbons (Fsp3) is 0.611. The van der Waals surface area contributed by atoms with Crippen molar-refractivity contribution in [2.24, 2.45) is 0 Å². The van der Waals surface area contributed by atoms with Gasteiger partial charge in [0.05, 0.1) is 6.54 Å². The van der Waals surface area contributed by atoms with E-state index in [0.29, 0.717) is 19.5 Å². The third-order valence-electron chi connectivity index (χ3n) is 4.76. The van der Waals surface area contributed by atoms with Crippen LogP contribution in [0.4, 0.5) is 0 Å². The average molecular weight is 378 g/mol. The van der Waals surface area contributed by atoms with Crippen molar-refractivity contribution in [1.29, 1.82) is 0 Å². The van der Waals surface area contributed by atoms with Crippen molar-refractivity contribution < 1.29 is 4.79 Å². The molecule has 1 atom stereocenters. The molecule has 1 unspecified atom stereocenters. The highest BCUT2D eigenvalue weighted by Crippen LogP contribution is 2.13. The summed E-state index contributed by atoms with van der Waals surface area (Å²) < 4.78 is 3.34. The Labute approximate surface area is 157 Å².